The average Bonchev–Trinajstić information content (AvgIpc) is 2.52. The molecule has 0 amide bonds. The monoisotopic (exact) mass is 248 g/mol. The molecule has 0 aliphatic carbocycles. The predicted molar refractivity (Wildman–Crippen MR) is 75.0 cm³/mol. The van der Waals surface area contributed by atoms with Gasteiger partial charge in [-0.1, -0.05) is 19.9 Å². The van der Waals surface area contributed by atoms with Crippen LogP contribution in [0.3, 0.4) is 0 Å². The summed E-state index contributed by atoms with van der Waals surface area (Å²) >= 11 is 0. The van der Waals surface area contributed by atoms with Gasteiger partial charge in [-0.3, -0.25) is 4.90 Å². The van der Waals surface area contributed by atoms with Crippen LogP contribution in [-0.2, 0) is 6.54 Å². The first kappa shape index (κ1) is 13.3. The summed E-state index contributed by atoms with van der Waals surface area (Å²) in [7, 11) is 0. The fraction of sp³-hybridized carbons (Fsp3) is 0.643. The Kier molecular flexibility index (Phi) is 4.19. The number of aromatic nitrogens is 1. The normalized spacial score (nSPS) is 20.4. The van der Waals surface area contributed by atoms with E-state index >= 15 is 0 Å². The van der Waals surface area contributed by atoms with Crippen LogP contribution in [0.1, 0.15) is 38.7 Å². The second kappa shape index (κ2) is 5.67. The van der Waals surface area contributed by atoms with Gasteiger partial charge in [-0.15, -0.1) is 0 Å². The number of likely N-dealkylation sites (tertiary alicyclic amines) is 1. The third-order valence-electron chi connectivity index (χ3n) is 3.81. The van der Waals surface area contributed by atoms with Gasteiger partial charge < -0.3 is 5.43 Å². The molecule has 1 aliphatic rings. The van der Waals surface area contributed by atoms with Crippen molar-refractivity contribution in [3.63, 3.8) is 0 Å². The van der Waals surface area contributed by atoms with E-state index in [2.05, 4.69) is 35.2 Å². The molecule has 3 N–H and O–H groups in total. The van der Waals surface area contributed by atoms with Crippen LogP contribution in [0, 0.1) is 5.41 Å². The highest BCUT2D eigenvalue weighted by Gasteiger charge is 2.22. The summed E-state index contributed by atoms with van der Waals surface area (Å²) in [6.07, 6.45) is 5.81. The standard InChI is InChI=1S/C14H24N4/c1-14(2)6-3-8-18(9-7-14)11-12-4-5-13(17-15)16-10-12/h4-5,10H,3,6-9,11,15H2,1-2H3,(H,16,17). The number of pyridine rings is 1. The smallest absolute Gasteiger partial charge is 0.139 e. The minimum absolute atomic E-state index is 0.500. The second-order valence-electron chi connectivity index (χ2n) is 5.99. The molecule has 1 aliphatic heterocycles. The summed E-state index contributed by atoms with van der Waals surface area (Å²) in [4.78, 5) is 6.78. The Morgan fingerprint density at radius 3 is 2.83 bits per heavy atom. The van der Waals surface area contributed by atoms with E-state index in [9.17, 15) is 0 Å². The Bertz CT molecular complexity index is 372. The van der Waals surface area contributed by atoms with Crippen molar-refractivity contribution in [1.82, 2.24) is 9.88 Å². The molecule has 1 fully saturated rings. The van der Waals surface area contributed by atoms with Crippen LogP contribution in [0.2, 0.25) is 0 Å². The SMILES string of the molecule is CC1(C)CCCN(Cc2ccc(NN)nc2)CC1. The number of nitrogen functional groups attached to an aromatic ring is 1. The molecule has 0 spiro atoms. The van der Waals surface area contributed by atoms with Crippen LogP contribution in [0.25, 0.3) is 0 Å². The minimum atomic E-state index is 0.500. The molecule has 1 saturated heterocycles. The number of nitrogens with one attached hydrogen (secondary N) is 1. The highest BCUT2D eigenvalue weighted by atomic mass is 15.2. The molecule has 4 nitrogen and oxygen atoms in total. The van der Waals surface area contributed by atoms with E-state index < -0.39 is 0 Å². The van der Waals surface area contributed by atoms with E-state index in [0.717, 1.165) is 12.4 Å². The van der Waals surface area contributed by atoms with Crippen molar-refractivity contribution in [1.29, 1.82) is 0 Å². The molecule has 100 valence electrons. The van der Waals surface area contributed by atoms with Crippen molar-refractivity contribution in [2.24, 2.45) is 11.3 Å². The highest BCUT2D eigenvalue weighted by Crippen LogP contribution is 2.30. The molecule has 18 heavy (non-hydrogen) atoms. The van der Waals surface area contributed by atoms with Crippen molar-refractivity contribution in [2.75, 3.05) is 18.5 Å². The van der Waals surface area contributed by atoms with E-state index in [1.807, 2.05) is 12.3 Å². The van der Waals surface area contributed by atoms with E-state index in [4.69, 9.17) is 5.84 Å². The number of hydrazine groups is 1. The number of hydrogen-bond acceptors (Lipinski definition) is 4. The number of rotatable bonds is 3. The Labute approximate surface area is 110 Å². The van der Waals surface area contributed by atoms with Gasteiger partial charge in [0.25, 0.3) is 0 Å². The number of hydrogen-bond donors (Lipinski definition) is 2. The third kappa shape index (κ3) is 3.68. The number of anilines is 1. The van der Waals surface area contributed by atoms with Crippen LogP contribution in [0.5, 0.6) is 0 Å². The molecule has 0 aromatic carbocycles. The molecule has 2 heterocycles. The molecular weight excluding hydrogens is 224 g/mol. The lowest BCUT2D eigenvalue weighted by Gasteiger charge is -2.23. The maximum atomic E-state index is 5.31. The first-order chi connectivity index (χ1) is 8.59. The van der Waals surface area contributed by atoms with Gasteiger partial charge in [-0.25, -0.2) is 10.8 Å². The van der Waals surface area contributed by atoms with Crippen LogP contribution in [-0.4, -0.2) is 23.0 Å². The highest BCUT2D eigenvalue weighted by molar-refractivity contribution is 5.33. The molecule has 0 saturated carbocycles. The zero-order valence-corrected chi connectivity index (χ0v) is 11.4. The molecule has 2 rings (SSSR count). The molecule has 0 bridgehead atoms. The Morgan fingerprint density at radius 1 is 1.33 bits per heavy atom. The van der Waals surface area contributed by atoms with Gasteiger partial charge in [0.15, 0.2) is 0 Å². The predicted octanol–water partition coefficient (Wildman–Crippen LogP) is 2.38. The fourth-order valence-corrected chi connectivity index (χ4v) is 2.50. The lowest BCUT2D eigenvalue weighted by molar-refractivity contribution is 0.255. The molecule has 4 heteroatoms. The van der Waals surface area contributed by atoms with Gasteiger partial charge in [0.1, 0.15) is 5.82 Å². The summed E-state index contributed by atoms with van der Waals surface area (Å²) in [6, 6.07) is 4.02. The van der Waals surface area contributed by atoms with Gasteiger partial charge in [0, 0.05) is 12.7 Å². The lowest BCUT2D eigenvalue weighted by Crippen LogP contribution is -2.25. The zero-order valence-electron chi connectivity index (χ0n) is 11.4. The van der Waals surface area contributed by atoms with Crippen molar-refractivity contribution in [3.05, 3.63) is 23.9 Å². The fourth-order valence-electron chi connectivity index (χ4n) is 2.50. The summed E-state index contributed by atoms with van der Waals surface area (Å²) in [5.74, 6) is 6.03. The maximum absolute atomic E-state index is 5.31. The molecule has 0 atom stereocenters. The van der Waals surface area contributed by atoms with Gasteiger partial charge in [-0.2, -0.15) is 0 Å². The largest absolute Gasteiger partial charge is 0.308 e. The molecular formula is C14H24N4. The summed E-state index contributed by atoms with van der Waals surface area (Å²) in [5, 5.41) is 0. The van der Waals surface area contributed by atoms with E-state index in [0.29, 0.717) is 5.41 Å². The number of nitrogens with two attached hydrogens (primary N) is 1. The quantitative estimate of drug-likeness (QED) is 0.637. The first-order valence-corrected chi connectivity index (χ1v) is 6.73. The van der Waals surface area contributed by atoms with Crippen LogP contribution in [0.4, 0.5) is 5.82 Å². The minimum Gasteiger partial charge on any atom is -0.308 e. The topological polar surface area (TPSA) is 54.2 Å². The van der Waals surface area contributed by atoms with Crippen molar-refractivity contribution in [3.8, 4) is 0 Å². The maximum Gasteiger partial charge on any atom is 0.139 e. The van der Waals surface area contributed by atoms with Crippen molar-refractivity contribution < 1.29 is 0 Å². The third-order valence-corrected chi connectivity index (χ3v) is 3.81. The van der Waals surface area contributed by atoms with Crippen LogP contribution in [0.15, 0.2) is 18.3 Å². The van der Waals surface area contributed by atoms with Crippen molar-refractivity contribution in [2.45, 2.75) is 39.7 Å². The lowest BCUT2D eigenvalue weighted by atomic mass is 9.85. The molecule has 1 aromatic heterocycles. The van der Waals surface area contributed by atoms with Gasteiger partial charge in [0.2, 0.25) is 0 Å². The summed E-state index contributed by atoms with van der Waals surface area (Å²) in [6.45, 7) is 8.12. The average molecular weight is 248 g/mol. The zero-order chi connectivity index (χ0) is 13.0. The molecule has 0 unspecified atom stereocenters. The van der Waals surface area contributed by atoms with Gasteiger partial charge >= 0.3 is 0 Å². The van der Waals surface area contributed by atoms with Crippen molar-refractivity contribution >= 4 is 5.82 Å². The van der Waals surface area contributed by atoms with Crippen LogP contribution < -0.4 is 11.3 Å². The molecule has 1 aromatic rings. The first-order valence-electron chi connectivity index (χ1n) is 6.73. The van der Waals surface area contributed by atoms with E-state index in [-0.39, 0.29) is 0 Å². The Balaban J connectivity index is 1.92. The van der Waals surface area contributed by atoms with Crippen LogP contribution >= 0.6 is 0 Å². The summed E-state index contributed by atoms with van der Waals surface area (Å²) in [5.41, 5.74) is 4.31. The van der Waals surface area contributed by atoms with E-state index in [1.165, 1.54) is 37.9 Å². The van der Waals surface area contributed by atoms with Gasteiger partial charge in [0.05, 0.1) is 0 Å². The Hall–Kier alpha value is -1.13. The number of nitrogens with zero attached hydrogens (tertiary/aromatic N) is 2. The summed E-state index contributed by atoms with van der Waals surface area (Å²) < 4.78 is 0. The second-order valence-corrected chi connectivity index (χ2v) is 5.99. The Morgan fingerprint density at radius 2 is 2.17 bits per heavy atom. The van der Waals surface area contributed by atoms with E-state index in [1.54, 1.807) is 0 Å². The van der Waals surface area contributed by atoms with Gasteiger partial charge in [-0.05, 0) is 49.4 Å². The molecule has 0 radical (unpaired) electrons.